The molecule has 5 nitrogen and oxygen atoms in total. The van der Waals surface area contributed by atoms with E-state index in [-0.39, 0.29) is 23.5 Å². The Kier molecular flexibility index (Phi) is 4.38. The van der Waals surface area contributed by atoms with Crippen LogP contribution in [0.3, 0.4) is 0 Å². The van der Waals surface area contributed by atoms with Gasteiger partial charge < -0.3 is 10.1 Å². The summed E-state index contributed by atoms with van der Waals surface area (Å²) in [7, 11) is -3.04. The number of rotatable bonds is 4. The highest BCUT2D eigenvalue weighted by Crippen LogP contribution is 2.26. The van der Waals surface area contributed by atoms with Crippen molar-refractivity contribution in [2.75, 3.05) is 16.8 Å². The summed E-state index contributed by atoms with van der Waals surface area (Å²) >= 11 is 0. The second-order valence-corrected chi connectivity index (χ2v) is 8.37. The topological polar surface area (TPSA) is 72.5 Å². The van der Waals surface area contributed by atoms with Gasteiger partial charge in [0.15, 0.2) is 9.84 Å². The van der Waals surface area contributed by atoms with Gasteiger partial charge in [-0.05, 0) is 44.2 Å². The molecule has 2 aliphatic rings. The Hall–Kier alpha value is -1.56. The summed E-state index contributed by atoms with van der Waals surface area (Å²) in [6, 6.07) is 7.32. The van der Waals surface area contributed by atoms with Crippen LogP contribution in [-0.2, 0) is 14.6 Å². The Labute approximate surface area is 131 Å². The van der Waals surface area contributed by atoms with Gasteiger partial charge in [-0.15, -0.1) is 0 Å². The highest BCUT2D eigenvalue weighted by Gasteiger charge is 2.32. The predicted octanol–water partition coefficient (Wildman–Crippen LogP) is 2.38. The third kappa shape index (κ3) is 3.80. The van der Waals surface area contributed by atoms with Crippen molar-refractivity contribution < 1.29 is 17.9 Å². The molecule has 120 valence electrons. The number of amides is 1. The number of hydrogen-bond acceptors (Lipinski definition) is 4. The molecule has 0 aromatic heterocycles. The number of carbonyl (C=O) groups is 1. The quantitative estimate of drug-likeness (QED) is 0.923. The van der Waals surface area contributed by atoms with E-state index in [1.54, 1.807) is 12.1 Å². The predicted molar refractivity (Wildman–Crippen MR) is 84.7 cm³/mol. The summed E-state index contributed by atoms with van der Waals surface area (Å²) < 4.78 is 28.8. The minimum absolute atomic E-state index is 0.0445. The molecule has 1 aliphatic heterocycles. The summed E-state index contributed by atoms with van der Waals surface area (Å²) in [6.07, 6.45) is 5.25. The van der Waals surface area contributed by atoms with Gasteiger partial charge >= 0.3 is 0 Å². The Morgan fingerprint density at radius 3 is 2.64 bits per heavy atom. The molecule has 0 radical (unpaired) electrons. The van der Waals surface area contributed by atoms with Gasteiger partial charge in [-0.3, -0.25) is 4.79 Å². The van der Waals surface area contributed by atoms with Gasteiger partial charge in [0.2, 0.25) is 5.91 Å². The number of carbonyl (C=O) groups excluding carboxylic acids is 1. The molecule has 6 heteroatoms. The lowest BCUT2D eigenvalue weighted by Gasteiger charge is -2.15. The highest BCUT2D eigenvalue weighted by molar-refractivity contribution is 7.91. The van der Waals surface area contributed by atoms with Crippen molar-refractivity contribution in [1.29, 1.82) is 0 Å². The molecule has 1 aromatic rings. The summed E-state index contributed by atoms with van der Waals surface area (Å²) in [6.45, 7) is 0. The monoisotopic (exact) mass is 323 g/mol. The molecule has 1 atom stereocenters. The molecule has 0 spiro atoms. The third-order valence-corrected chi connectivity index (χ3v) is 6.08. The lowest BCUT2D eigenvalue weighted by Crippen LogP contribution is -2.23. The van der Waals surface area contributed by atoms with Gasteiger partial charge in [-0.25, -0.2) is 8.42 Å². The van der Waals surface area contributed by atoms with Crippen LogP contribution in [0.2, 0.25) is 0 Å². The van der Waals surface area contributed by atoms with Crippen molar-refractivity contribution in [3.05, 3.63) is 24.3 Å². The maximum atomic E-state index is 12.1. The maximum absolute atomic E-state index is 12.1. The zero-order valence-corrected chi connectivity index (χ0v) is 13.3. The van der Waals surface area contributed by atoms with E-state index in [1.165, 1.54) is 12.8 Å². The number of hydrogen-bond donors (Lipinski definition) is 1. The van der Waals surface area contributed by atoms with Crippen molar-refractivity contribution in [2.24, 2.45) is 5.92 Å². The largest absolute Gasteiger partial charge is 0.490 e. The lowest BCUT2D eigenvalue weighted by atomic mass is 10.1. The van der Waals surface area contributed by atoms with Gasteiger partial charge in [-0.2, -0.15) is 0 Å². The fraction of sp³-hybridized carbons (Fsp3) is 0.562. The molecule has 1 unspecified atom stereocenters. The van der Waals surface area contributed by atoms with Crippen molar-refractivity contribution in [3.63, 3.8) is 0 Å². The Morgan fingerprint density at radius 2 is 1.95 bits per heavy atom. The van der Waals surface area contributed by atoms with Crippen molar-refractivity contribution in [1.82, 2.24) is 0 Å². The molecule has 22 heavy (non-hydrogen) atoms. The van der Waals surface area contributed by atoms with E-state index in [4.69, 9.17) is 4.74 Å². The molecule has 2 fully saturated rings. The van der Waals surface area contributed by atoms with Crippen LogP contribution < -0.4 is 10.1 Å². The molecule has 1 amide bonds. The number of benzene rings is 1. The Balaban J connectivity index is 1.61. The molecule has 1 aliphatic carbocycles. The van der Waals surface area contributed by atoms with Crippen LogP contribution >= 0.6 is 0 Å². The fourth-order valence-corrected chi connectivity index (χ4v) is 4.83. The zero-order chi connectivity index (χ0) is 15.6. The molecule has 1 saturated heterocycles. The van der Waals surface area contributed by atoms with E-state index >= 15 is 0 Å². The van der Waals surface area contributed by atoms with E-state index in [2.05, 4.69) is 5.32 Å². The van der Waals surface area contributed by atoms with E-state index in [9.17, 15) is 13.2 Å². The molecular formula is C16H21NO4S. The SMILES string of the molecule is O=C(Nc1cccc(OC2CCCC2)c1)C1CCS(=O)(=O)C1. The normalized spacial score (nSPS) is 24.3. The van der Waals surface area contributed by atoms with E-state index in [0.29, 0.717) is 12.1 Å². The first-order chi connectivity index (χ1) is 10.5. The van der Waals surface area contributed by atoms with E-state index in [1.807, 2.05) is 12.1 Å². The summed E-state index contributed by atoms with van der Waals surface area (Å²) in [5.41, 5.74) is 0.657. The van der Waals surface area contributed by atoms with E-state index in [0.717, 1.165) is 18.6 Å². The number of anilines is 1. The van der Waals surface area contributed by atoms with Crippen LogP contribution in [0, 0.1) is 5.92 Å². The average molecular weight is 323 g/mol. The van der Waals surface area contributed by atoms with Crippen molar-refractivity contribution in [2.45, 2.75) is 38.2 Å². The van der Waals surface area contributed by atoms with Crippen molar-refractivity contribution >= 4 is 21.4 Å². The minimum Gasteiger partial charge on any atom is -0.490 e. The summed E-state index contributed by atoms with van der Waals surface area (Å²) in [5, 5.41) is 2.80. The van der Waals surface area contributed by atoms with Crippen LogP contribution in [0.4, 0.5) is 5.69 Å². The van der Waals surface area contributed by atoms with Crippen LogP contribution in [0.25, 0.3) is 0 Å². The van der Waals surface area contributed by atoms with Gasteiger partial charge in [0.05, 0.1) is 23.5 Å². The Bertz CT molecular complexity index is 650. The second-order valence-electron chi connectivity index (χ2n) is 6.14. The van der Waals surface area contributed by atoms with E-state index < -0.39 is 15.8 Å². The molecular weight excluding hydrogens is 302 g/mol. The average Bonchev–Trinajstić information content (AvgIpc) is 3.08. The van der Waals surface area contributed by atoms with Crippen LogP contribution in [0.5, 0.6) is 5.75 Å². The van der Waals surface area contributed by atoms with Gasteiger partial charge in [0.25, 0.3) is 0 Å². The molecule has 1 saturated carbocycles. The number of ether oxygens (including phenoxy) is 1. The van der Waals surface area contributed by atoms with Gasteiger partial charge in [-0.1, -0.05) is 6.07 Å². The smallest absolute Gasteiger partial charge is 0.228 e. The maximum Gasteiger partial charge on any atom is 0.228 e. The molecule has 1 aromatic carbocycles. The van der Waals surface area contributed by atoms with Crippen LogP contribution in [-0.4, -0.2) is 31.9 Å². The van der Waals surface area contributed by atoms with Crippen LogP contribution in [0.1, 0.15) is 32.1 Å². The lowest BCUT2D eigenvalue weighted by molar-refractivity contribution is -0.119. The standard InChI is InChI=1S/C16H21NO4S/c18-16(12-8-9-22(19,20)11-12)17-13-4-3-7-15(10-13)21-14-5-1-2-6-14/h3-4,7,10,12,14H,1-2,5-6,8-9,11H2,(H,17,18). The Morgan fingerprint density at radius 1 is 1.18 bits per heavy atom. The second kappa shape index (κ2) is 6.28. The number of nitrogens with one attached hydrogen (secondary N) is 1. The molecule has 0 bridgehead atoms. The van der Waals surface area contributed by atoms with Gasteiger partial charge in [0.1, 0.15) is 5.75 Å². The molecule has 1 heterocycles. The zero-order valence-electron chi connectivity index (χ0n) is 12.5. The fourth-order valence-electron chi connectivity index (χ4n) is 3.09. The first-order valence-electron chi connectivity index (χ1n) is 7.80. The summed E-state index contributed by atoms with van der Waals surface area (Å²) in [4.78, 5) is 12.1. The van der Waals surface area contributed by atoms with Crippen molar-refractivity contribution in [3.8, 4) is 5.75 Å². The highest BCUT2D eigenvalue weighted by atomic mass is 32.2. The minimum atomic E-state index is -3.04. The first-order valence-corrected chi connectivity index (χ1v) is 9.62. The third-order valence-electron chi connectivity index (χ3n) is 4.31. The van der Waals surface area contributed by atoms with Gasteiger partial charge in [0, 0.05) is 11.8 Å². The van der Waals surface area contributed by atoms with Crippen LogP contribution in [0.15, 0.2) is 24.3 Å². The molecule has 1 N–H and O–H groups in total. The summed E-state index contributed by atoms with van der Waals surface area (Å²) in [5.74, 6) is 0.153. The first kappa shape index (κ1) is 15.3. The number of sulfone groups is 1. The molecule has 3 rings (SSSR count).